The van der Waals surface area contributed by atoms with Crippen LogP contribution in [-0.2, 0) is 0 Å². The Bertz CT molecular complexity index is 474. The van der Waals surface area contributed by atoms with Gasteiger partial charge in [-0.15, -0.1) is 0 Å². The van der Waals surface area contributed by atoms with Crippen LogP contribution < -0.4 is 10.1 Å². The predicted octanol–water partition coefficient (Wildman–Crippen LogP) is 2.57. The van der Waals surface area contributed by atoms with Crippen LogP contribution in [0.3, 0.4) is 0 Å². The Kier molecular flexibility index (Phi) is 4.79. The fourth-order valence-electron chi connectivity index (χ4n) is 1.96. The summed E-state index contributed by atoms with van der Waals surface area (Å²) in [6.07, 6.45) is 2.56. The van der Waals surface area contributed by atoms with Gasteiger partial charge in [0.05, 0.1) is 23.7 Å². The predicted molar refractivity (Wildman–Crippen MR) is 76.1 cm³/mol. The van der Waals surface area contributed by atoms with Crippen molar-refractivity contribution in [2.75, 3.05) is 18.5 Å². The van der Waals surface area contributed by atoms with Crippen LogP contribution >= 0.6 is 0 Å². The maximum Gasteiger partial charge on any atom is 0.275 e. The number of non-ortho nitro benzene ring substituents is 1. The summed E-state index contributed by atoms with van der Waals surface area (Å²) >= 11 is 0. The standard InChI is InChI=1S/C14H20N2O4/c1-2-5-20-13-7-11(6-12(8-13)16(18)19)15-9-14(17)10-3-4-10/h6-8,10,14-15,17H,2-5,9H2,1H3. The first-order chi connectivity index (χ1) is 9.60. The van der Waals surface area contributed by atoms with Crippen molar-refractivity contribution >= 4 is 11.4 Å². The van der Waals surface area contributed by atoms with Gasteiger partial charge in [-0.2, -0.15) is 0 Å². The highest BCUT2D eigenvalue weighted by molar-refractivity contribution is 5.56. The third-order valence-corrected chi connectivity index (χ3v) is 3.26. The van der Waals surface area contributed by atoms with Crippen molar-refractivity contribution in [3.05, 3.63) is 28.3 Å². The molecule has 6 heteroatoms. The fraction of sp³-hybridized carbons (Fsp3) is 0.571. The molecule has 0 amide bonds. The largest absolute Gasteiger partial charge is 0.493 e. The molecule has 0 radical (unpaired) electrons. The number of aliphatic hydroxyl groups excluding tert-OH is 1. The van der Waals surface area contributed by atoms with E-state index in [0.29, 0.717) is 30.5 Å². The number of anilines is 1. The van der Waals surface area contributed by atoms with E-state index in [1.807, 2.05) is 6.92 Å². The highest BCUT2D eigenvalue weighted by atomic mass is 16.6. The van der Waals surface area contributed by atoms with Crippen LogP contribution in [0.4, 0.5) is 11.4 Å². The Labute approximate surface area is 117 Å². The van der Waals surface area contributed by atoms with E-state index in [1.165, 1.54) is 12.1 Å². The summed E-state index contributed by atoms with van der Waals surface area (Å²) in [5, 5.41) is 23.8. The molecule has 110 valence electrons. The molecule has 0 aromatic heterocycles. The fourth-order valence-corrected chi connectivity index (χ4v) is 1.96. The Morgan fingerprint density at radius 3 is 2.85 bits per heavy atom. The molecule has 2 N–H and O–H groups in total. The maximum atomic E-state index is 10.9. The molecule has 0 heterocycles. The summed E-state index contributed by atoms with van der Waals surface area (Å²) in [6, 6.07) is 4.60. The molecule has 1 fully saturated rings. The minimum absolute atomic E-state index is 0.0120. The third-order valence-electron chi connectivity index (χ3n) is 3.26. The monoisotopic (exact) mass is 280 g/mol. The molecule has 1 aliphatic carbocycles. The van der Waals surface area contributed by atoms with Crippen LogP contribution in [0.1, 0.15) is 26.2 Å². The van der Waals surface area contributed by atoms with Crippen LogP contribution in [0.15, 0.2) is 18.2 Å². The van der Waals surface area contributed by atoms with Crippen molar-refractivity contribution < 1.29 is 14.8 Å². The van der Waals surface area contributed by atoms with Gasteiger partial charge in [0.1, 0.15) is 5.75 Å². The number of rotatable bonds is 8. The zero-order valence-electron chi connectivity index (χ0n) is 11.5. The Balaban J connectivity index is 2.04. The lowest BCUT2D eigenvalue weighted by atomic mass is 10.2. The number of hydrogen-bond donors (Lipinski definition) is 2. The number of nitro benzene ring substituents is 1. The third kappa shape index (κ3) is 4.09. The smallest absolute Gasteiger partial charge is 0.275 e. The lowest BCUT2D eigenvalue weighted by molar-refractivity contribution is -0.384. The van der Waals surface area contributed by atoms with E-state index >= 15 is 0 Å². The molecule has 1 atom stereocenters. The van der Waals surface area contributed by atoms with Crippen molar-refractivity contribution in [2.24, 2.45) is 5.92 Å². The Morgan fingerprint density at radius 1 is 1.50 bits per heavy atom. The summed E-state index contributed by atoms with van der Waals surface area (Å²) in [4.78, 5) is 10.5. The van der Waals surface area contributed by atoms with Gasteiger partial charge in [-0.25, -0.2) is 0 Å². The summed E-state index contributed by atoms with van der Waals surface area (Å²) in [7, 11) is 0. The second-order valence-electron chi connectivity index (χ2n) is 5.11. The Morgan fingerprint density at radius 2 is 2.25 bits per heavy atom. The van der Waals surface area contributed by atoms with Gasteiger partial charge in [0.15, 0.2) is 0 Å². The number of ether oxygens (including phenoxy) is 1. The van der Waals surface area contributed by atoms with Gasteiger partial charge in [-0.3, -0.25) is 10.1 Å². The average Bonchev–Trinajstić information content (AvgIpc) is 3.26. The van der Waals surface area contributed by atoms with Crippen LogP contribution in [-0.4, -0.2) is 29.3 Å². The zero-order valence-corrected chi connectivity index (χ0v) is 11.5. The van der Waals surface area contributed by atoms with Gasteiger partial charge in [-0.1, -0.05) is 6.92 Å². The molecule has 1 unspecified atom stereocenters. The molecule has 1 aromatic rings. The first kappa shape index (κ1) is 14.6. The molecule has 2 rings (SSSR count). The lowest BCUT2D eigenvalue weighted by Crippen LogP contribution is -2.21. The van der Waals surface area contributed by atoms with E-state index < -0.39 is 11.0 Å². The Hall–Kier alpha value is -1.82. The number of benzene rings is 1. The lowest BCUT2D eigenvalue weighted by Gasteiger charge is -2.13. The van der Waals surface area contributed by atoms with Crippen molar-refractivity contribution in [3.8, 4) is 5.75 Å². The molecule has 0 spiro atoms. The molecule has 0 aliphatic heterocycles. The topological polar surface area (TPSA) is 84.6 Å². The van der Waals surface area contributed by atoms with Crippen LogP contribution in [0.5, 0.6) is 5.75 Å². The van der Waals surface area contributed by atoms with E-state index in [2.05, 4.69) is 5.32 Å². The SMILES string of the molecule is CCCOc1cc(NCC(O)C2CC2)cc([N+](=O)[O-])c1. The summed E-state index contributed by atoms with van der Waals surface area (Å²) in [5.41, 5.74) is 0.590. The highest BCUT2D eigenvalue weighted by Crippen LogP contribution is 2.33. The van der Waals surface area contributed by atoms with E-state index in [9.17, 15) is 15.2 Å². The number of aliphatic hydroxyl groups is 1. The minimum Gasteiger partial charge on any atom is -0.493 e. The molecular formula is C14H20N2O4. The number of hydrogen-bond acceptors (Lipinski definition) is 5. The van der Waals surface area contributed by atoms with Crippen LogP contribution in [0.25, 0.3) is 0 Å². The molecule has 20 heavy (non-hydrogen) atoms. The molecule has 1 aliphatic rings. The normalized spacial score (nSPS) is 15.7. The molecule has 1 saturated carbocycles. The van der Waals surface area contributed by atoms with Gasteiger partial charge >= 0.3 is 0 Å². The summed E-state index contributed by atoms with van der Waals surface area (Å²) in [5.74, 6) is 0.849. The maximum absolute atomic E-state index is 10.9. The molecular weight excluding hydrogens is 260 g/mol. The molecule has 1 aromatic carbocycles. The molecule has 0 bridgehead atoms. The van der Waals surface area contributed by atoms with Gasteiger partial charge in [-0.05, 0) is 25.2 Å². The number of nitrogens with one attached hydrogen (secondary N) is 1. The second-order valence-corrected chi connectivity index (χ2v) is 5.11. The first-order valence-corrected chi connectivity index (χ1v) is 6.94. The van der Waals surface area contributed by atoms with Crippen molar-refractivity contribution in [1.82, 2.24) is 0 Å². The zero-order chi connectivity index (χ0) is 14.5. The average molecular weight is 280 g/mol. The number of nitrogens with zero attached hydrogens (tertiary/aromatic N) is 1. The van der Waals surface area contributed by atoms with Gasteiger partial charge in [0.2, 0.25) is 0 Å². The summed E-state index contributed by atoms with van der Waals surface area (Å²) < 4.78 is 5.45. The number of nitro groups is 1. The van der Waals surface area contributed by atoms with Crippen molar-refractivity contribution in [3.63, 3.8) is 0 Å². The van der Waals surface area contributed by atoms with E-state index in [-0.39, 0.29) is 5.69 Å². The molecule has 0 saturated heterocycles. The second kappa shape index (κ2) is 6.56. The van der Waals surface area contributed by atoms with E-state index in [4.69, 9.17) is 4.74 Å². The quantitative estimate of drug-likeness (QED) is 0.564. The van der Waals surface area contributed by atoms with Gasteiger partial charge < -0.3 is 15.2 Å². The first-order valence-electron chi connectivity index (χ1n) is 6.94. The highest BCUT2D eigenvalue weighted by Gasteiger charge is 2.29. The van der Waals surface area contributed by atoms with Crippen LogP contribution in [0.2, 0.25) is 0 Å². The van der Waals surface area contributed by atoms with E-state index in [1.54, 1.807) is 6.07 Å². The van der Waals surface area contributed by atoms with E-state index in [0.717, 1.165) is 19.3 Å². The summed E-state index contributed by atoms with van der Waals surface area (Å²) in [6.45, 7) is 2.90. The van der Waals surface area contributed by atoms with Crippen molar-refractivity contribution in [2.45, 2.75) is 32.3 Å². The molecule has 6 nitrogen and oxygen atoms in total. The van der Waals surface area contributed by atoms with Gasteiger partial charge in [0.25, 0.3) is 5.69 Å². The minimum atomic E-state index is -0.443. The van der Waals surface area contributed by atoms with Crippen molar-refractivity contribution in [1.29, 1.82) is 0 Å². The van der Waals surface area contributed by atoms with Gasteiger partial charge in [0, 0.05) is 24.4 Å². The van der Waals surface area contributed by atoms with Crippen LogP contribution in [0, 0.1) is 16.0 Å².